The maximum atomic E-state index is 6.01. The maximum Gasteiger partial charge on any atom is 0.124 e. The quantitative estimate of drug-likeness (QED) is 0.593. The van der Waals surface area contributed by atoms with E-state index in [1.165, 1.54) is 22.8 Å². The first-order chi connectivity index (χ1) is 11.7. The number of unbranched alkanes of at least 4 members (excludes halogenated alkanes) is 1. The lowest BCUT2D eigenvalue weighted by Crippen LogP contribution is -2.18. The summed E-state index contributed by atoms with van der Waals surface area (Å²) in [6, 6.07) is 12.7. The molecule has 0 saturated heterocycles. The van der Waals surface area contributed by atoms with Crippen molar-refractivity contribution in [2.24, 2.45) is 0 Å². The van der Waals surface area contributed by atoms with Gasteiger partial charge in [0.2, 0.25) is 0 Å². The Bertz CT molecular complexity index is 610. The van der Waals surface area contributed by atoms with E-state index >= 15 is 0 Å². The van der Waals surface area contributed by atoms with Crippen LogP contribution in [0.1, 0.15) is 45.6 Å². The van der Waals surface area contributed by atoms with Gasteiger partial charge in [-0.3, -0.25) is 0 Å². The molecule has 0 aliphatic rings. The normalized spacial score (nSPS) is 11.3. The number of ether oxygens (including phenoxy) is 2. The molecule has 132 valence electrons. The van der Waals surface area contributed by atoms with E-state index < -0.39 is 0 Å². The van der Waals surface area contributed by atoms with Crippen molar-refractivity contribution in [3.8, 4) is 5.75 Å². The maximum absolute atomic E-state index is 6.01. The molecule has 3 nitrogen and oxygen atoms in total. The molecule has 0 bridgehead atoms. The molecule has 0 atom stereocenters. The van der Waals surface area contributed by atoms with Crippen molar-refractivity contribution in [2.45, 2.75) is 52.7 Å². The highest BCUT2D eigenvalue weighted by atomic mass is 16.5. The molecule has 0 radical (unpaired) electrons. The molecule has 0 fully saturated rings. The summed E-state index contributed by atoms with van der Waals surface area (Å²) >= 11 is 0. The molecule has 1 N–H and O–H groups in total. The zero-order valence-corrected chi connectivity index (χ0v) is 15.3. The zero-order chi connectivity index (χ0) is 17.2. The first kappa shape index (κ1) is 18.8. The molecule has 0 aliphatic carbocycles. The Balaban J connectivity index is 1.93. The van der Waals surface area contributed by atoms with Crippen LogP contribution < -0.4 is 10.1 Å². The highest BCUT2D eigenvalue weighted by Gasteiger charge is 2.09. The Labute approximate surface area is 146 Å². The van der Waals surface area contributed by atoms with E-state index in [9.17, 15) is 0 Å². The molecule has 0 unspecified atom stereocenters. The number of nitrogens with one attached hydrogen (secondary N) is 1. The lowest BCUT2D eigenvalue weighted by molar-refractivity contribution is 0.128. The third-order valence-corrected chi connectivity index (χ3v) is 3.95. The van der Waals surface area contributed by atoms with Crippen LogP contribution in [0.3, 0.4) is 0 Å². The molecule has 24 heavy (non-hydrogen) atoms. The van der Waals surface area contributed by atoms with Crippen molar-refractivity contribution >= 4 is 10.8 Å². The standard InChI is InChI=1S/C21H31NO2/c1-4-5-14-23-15-8-13-22-16-20-19-10-7-6-9-18(19)11-12-21(20)24-17(2)3/h6-7,9-12,17,22H,4-5,8,13-16H2,1-3H3. The van der Waals surface area contributed by atoms with Gasteiger partial charge in [-0.15, -0.1) is 0 Å². The average molecular weight is 329 g/mol. The largest absolute Gasteiger partial charge is 0.491 e. The third-order valence-electron chi connectivity index (χ3n) is 3.95. The van der Waals surface area contributed by atoms with Crippen LogP contribution in [0.25, 0.3) is 10.8 Å². The topological polar surface area (TPSA) is 30.5 Å². The Hall–Kier alpha value is -1.58. The van der Waals surface area contributed by atoms with E-state index in [1.807, 2.05) is 0 Å². The predicted octanol–water partition coefficient (Wildman–Crippen LogP) is 4.92. The van der Waals surface area contributed by atoms with E-state index in [0.29, 0.717) is 0 Å². The molecular weight excluding hydrogens is 298 g/mol. The average Bonchev–Trinajstić information content (AvgIpc) is 2.58. The van der Waals surface area contributed by atoms with Gasteiger partial charge in [-0.05, 0) is 50.1 Å². The second-order valence-electron chi connectivity index (χ2n) is 6.43. The number of hydrogen-bond acceptors (Lipinski definition) is 3. The molecule has 2 rings (SSSR count). The van der Waals surface area contributed by atoms with Crippen molar-refractivity contribution in [3.05, 3.63) is 42.0 Å². The molecule has 0 spiro atoms. The molecule has 3 heteroatoms. The van der Waals surface area contributed by atoms with E-state index in [4.69, 9.17) is 9.47 Å². The number of fused-ring (bicyclic) bond motifs is 1. The molecule has 0 saturated carbocycles. The highest BCUT2D eigenvalue weighted by molar-refractivity contribution is 5.87. The van der Waals surface area contributed by atoms with Gasteiger partial charge >= 0.3 is 0 Å². The Kier molecular flexibility index (Phi) is 8.06. The van der Waals surface area contributed by atoms with E-state index in [2.05, 4.69) is 62.5 Å². The minimum Gasteiger partial charge on any atom is -0.491 e. The Morgan fingerprint density at radius 2 is 1.79 bits per heavy atom. The molecule has 2 aromatic rings. The van der Waals surface area contributed by atoms with Crippen LogP contribution in [-0.4, -0.2) is 25.9 Å². The minimum atomic E-state index is 0.178. The fraction of sp³-hybridized carbons (Fsp3) is 0.524. The van der Waals surface area contributed by atoms with Crippen LogP contribution >= 0.6 is 0 Å². The highest BCUT2D eigenvalue weighted by Crippen LogP contribution is 2.28. The van der Waals surface area contributed by atoms with E-state index in [0.717, 1.165) is 44.9 Å². The van der Waals surface area contributed by atoms with Crippen LogP contribution in [0.5, 0.6) is 5.75 Å². The van der Waals surface area contributed by atoms with Crippen molar-refractivity contribution in [2.75, 3.05) is 19.8 Å². The second-order valence-corrected chi connectivity index (χ2v) is 6.43. The summed E-state index contributed by atoms with van der Waals surface area (Å²) in [5.74, 6) is 0.982. The van der Waals surface area contributed by atoms with Gasteiger partial charge < -0.3 is 14.8 Å². The first-order valence-corrected chi connectivity index (χ1v) is 9.18. The third kappa shape index (κ3) is 5.81. The van der Waals surface area contributed by atoms with Gasteiger partial charge in [-0.1, -0.05) is 43.7 Å². The van der Waals surface area contributed by atoms with Crippen molar-refractivity contribution < 1.29 is 9.47 Å². The lowest BCUT2D eigenvalue weighted by atomic mass is 10.0. The number of benzene rings is 2. The van der Waals surface area contributed by atoms with Crippen LogP contribution in [-0.2, 0) is 11.3 Å². The Morgan fingerprint density at radius 1 is 1.00 bits per heavy atom. The SMILES string of the molecule is CCCCOCCCNCc1c(OC(C)C)ccc2ccccc12. The molecule has 0 aromatic heterocycles. The van der Waals surface area contributed by atoms with Gasteiger partial charge in [-0.25, -0.2) is 0 Å². The van der Waals surface area contributed by atoms with E-state index in [1.54, 1.807) is 0 Å². The van der Waals surface area contributed by atoms with Gasteiger partial charge in [0.15, 0.2) is 0 Å². The molecule has 0 amide bonds. The molecule has 2 aromatic carbocycles. The smallest absolute Gasteiger partial charge is 0.124 e. The van der Waals surface area contributed by atoms with Crippen LogP contribution in [0.2, 0.25) is 0 Å². The summed E-state index contributed by atoms with van der Waals surface area (Å²) in [6.07, 6.45) is 3.56. The van der Waals surface area contributed by atoms with Gasteiger partial charge in [0.05, 0.1) is 6.10 Å². The van der Waals surface area contributed by atoms with Gasteiger partial charge in [0.25, 0.3) is 0 Å². The van der Waals surface area contributed by atoms with Crippen LogP contribution in [0.4, 0.5) is 0 Å². The lowest BCUT2D eigenvalue weighted by Gasteiger charge is -2.17. The van der Waals surface area contributed by atoms with Crippen molar-refractivity contribution in [1.82, 2.24) is 5.32 Å². The molecular formula is C21H31NO2. The summed E-state index contributed by atoms with van der Waals surface area (Å²) in [5, 5.41) is 6.06. The van der Waals surface area contributed by atoms with Crippen molar-refractivity contribution in [3.63, 3.8) is 0 Å². The monoisotopic (exact) mass is 329 g/mol. The summed E-state index contributed by atoms with van der Waals surface area (Å²) in [7, 11) is 0. The molecule has 0 aliphatic heterocycles. The summed E-state index contributed by atoms with van der Waals surface area (Å²) in [5.41, 5.74) is 1.24. The van der Waals surface area contributed by atoms with Gasteiger partial charge in [0.1, 0.15) is 5.75 Å². The Morgan fingerprint density at radius 3 is 2.58 bits per heavy atom. The molecule has 0 heterocycles. The van der Waals surface area contributed by atoms with Crippen molar-refractivity contribution in [1.29, 1.82) is 0 Å². The minimum absolute atomic E-state index is 0.178. The summed E-state index contributed by atoms with van der Waals surface area (Å²) in [6.45, 7) is 9.81. The number of rotatable bonds is 11. The van der Waals surface area contributed by atoms with Crippen LogP contribution in [0, 0.1) is 0 Å². The van der Waals surface area contributed by atoms with Crippen LogP contribution in [0.15, 0.2) is 36.4 Å². The predicted molar refractivity (Wildman–Crippen MR) is 102 cm³/mol. The number of hydrogen-bond donors (Lipinski definition) is 1. The zero-order valence-electron chi connectivity index (χ0n) is 15.3. The van der Waals surface area contributed by atoms with Gasteiger partial charge in [0, 0.05) is 25.3 Å². The first-order valence-electron chi connectivity index (χ1n) is 9.18. The van der Waals surface area contributed by atoms with Gasteiger partial charge in [-0.2, -0.15) is 0 Å². The second kappa shape index (κ2) is 10.3. The summed E-state index contributed by atoms with van der Waals surface area (Å²) in [4.78, 5) is 0. The van der Waals surface area contributed by atoms with E-state index in [-0.39, 0.29) is 6.10 Å². The summed E-state index contributed by atoms with van der Waals surface area (Å²) < 4.78 is 11.6. The fourth-order valence-electron chi connectivity index (χ4n) is 2.72. The fourth-order valence-corrected chi connectivity index (χ4v) is 2.72.